The highest BCUT2D eigenvalue weighted by molar-refractivity contribution is 7.16. The topological polar surface area (TPSA) is 62.1 Å². The molecule has 0 bridgehead atoms. The Hall–Kier alpha value is -2.32. The van der Waals surface area contributed by atoms with Gasteiger partial charge in [-0.15, -0.1) is 11.3 Å². The van der Waals surface area contributed by atoms with E-state index in [0.29, 0.717) is 30.9 Å². The van der Waals surface area contributed by atoms with Gasteiger partial charge in [-0.3, -0.25) is 4.79 Å². The number of rotatable bonds is 6. The van der Waals surface area contributed by atoms with E-state index >= 15 is 0 Å². The molecule has 5 heteroatoms. The molecule has 136 valence electrons. The molecule has 0 saturated carbocycles. The summed E-state index contributed by atoms with van der Waals surface area (Å²) in [6, 6.07) is 10.1. The van der Waals surface area contributed by atoms with Gasteiger partial charge in [-0.05, 0) is 61.8 Å². The van der Waals surface area contributed by atoms with Crippen LogP contribution in [0, 0.1) is 17.2 Å². The number of fused-ring (bicyclic) bond motifs is 1. The molecule has 26 heavy (non-hydrogen) atoms. The van der Waals surface area contributed by atoms with Gasteiger partial charge in [0.15, 0.2) is 0 Å². The Morgan fingerprint density at radius 2 is 2.15 bits per heavy atom. The minimum absolute atomic E-state index is 0.0398. The molecule has 0 aliphatic heterocycles. The zero-order valence-electron chi connectivity index (χ0n) is 15.3. The minimum atomic E-state index is -0.0398. The van der Waals surface area contributed by atoms with E-state index in [0.717, 1.165) is 41.1 Å². The van der Waals surface area contributed by atoms with Crippen LogP contribution in [0.15, 0.2) is 24.3 Å². The molecule has 1 aromatic heterocycles. The van der Waals surface area contributed by atoms with Crippen LogP contribution in [-0.4, -0.2) is 12.5 Å². The number of carbonyl (C=O) groups excluding carboxylic acids is 1. The summed E-state index contributed by atoms with van der Waals surface area (Å²) in [4.78, 5) is 13.6. The van der Waals surface area contributed by atoms with Gasteiger partial charge >= 0.3 is 0 Å². The van der Waals surface area contributed by atoms with Crippen molar-refractivity contribution in [2.75, 3.05) is 11.9 Å². The van der Waals surface area contributed by atoms with Crippen molar-refractivity contribution in [3.05, 3.63) is 45.8 Å². The second kappa shape index (κ2) is 8.37. The van der Waals surface area contributed by atoms with Gasteiger partial charge in [0, 0.05) is 11.3 Å². The average molecular weight is 369 g/mol. The molecule has 2 aromatic rings. The molecule has 1 amide bonds. The summed E-state index contributed by atoms with van der Waals surface area (Å²) in [5.41, 5.74) is 2.92. The molecular weight excluding hydrogens is 344 g/mol. The predicted octanol–water partition coefficient (Wildman–Crippen LogP) is 4.71. The predicted molar refractivity (Wildman–Crippen MR) is 105 cm³/mol. The van der Waals surface area contributed by atoms with Crippen LogP contribution in [0.1, 0.15) is 48.3 Å². The molecule has 3 rings (SSSR count). The van der Waals surface area contributed by atoms with Crippen LogP contribution in [-0.2, 0) is 24.1 Å². The van der Waals surface area contributed by atoms with E-state index in [-0.39, 0.29) is 5.91 Å². The zero-order valence-corrected chi connectivity index (χ0v) is 16.1. The Kier molecular flexibility index (Phi) is 5.95. The number of nitrogens with zero attached hydrogens (tertiary/aromatic N) is 1. The van der Waals surface area contributed by atoms with E-state index in [1.807, 2.05) is 31.2 Å². The molecule has 1 heterocycles. The first-order chi connectivity index (χ1) is 12.6. The number of nitriles is 1. The van der Waals surface area contributed by atoms with Gasteiger partial charge in [0.1, 0.15) is 16.8 Å². The van der Waals surface area contributed by atoms with Gasteiger partial charge in [0.2, 0.25) is 5.91 Å². The largest absolute Gasteiger partial charge is 0.494 e. The molecule has 1 aliphatic rings. The smallest absolute Gasteiger partial charge is 0.225 e. The lowest BCUT2D eigenvalue weighted by atomic mass is 9.88. The number of amides is 1. The number of carbonyl (C=O) groups is 1. The van der Waals surface area contributed by atoms with Crippen molar-refractivity contribution in [1.29, 1.82) is 5.26 Å². The van der Waals surface area contributed by atoms with Gasteiger partial charge in [0.05, 0.1) is 12.2 Å². The first kappa shape index (κ1) is 18.5. The molecule has 0 spiro atoms. The van der Waals surface area contributed by atoms with Gasteiger partial charge in [-0.25, -0.2) is 0 Å². The summed E-state index contributed by atoms with van der Waals surface area (Å²) in [5, 5.41) is 13.2. The number of thiophene rings is 1. The SMILES string of the molecule is CCOc1ccc(CCC(=O)Nc2sc3c(c2C#N)CC[C@@H](C)C3)cc1. The van der Waals surface area contributed by atoms with Gasteiger partial charge in [-0.1, -0.05) is 19.1 Å². The van der Waals surface area contributed by atoms with Gasteiger partial charge in [-0.2, -0.15) is 5.26 Å². The van der Waals surface area contributed by atoms with Crippen molar-refractivity contribution in [2.45, 2.75) is 46.0 Å². The molecule has 0 saturated heterocycles. The van der Waals surface area contributed by atoms with E-state index in [1.54, 1.807) is 11.3 Å². The standard InChI is InChI=1S/C21H24N2O2S/c1-3-25-16-8-5-15(6-9-16)7-11-20(24)23-21-18(13-22)17-10-4-14(2)12-19(17)26-21/h5-6,8-9,14H,3-4,7,10-12H2,1-2H3,(H,23,24)/t14-/m1/s1. The molecular formula is C21H24N2O2S. The van der Waals surface area contributed by atoms with Crippen LogP contribution < -0.4 is 10.1 Å². The second-order valence-corrected chi connectivity index (χ2v) is 7.90. The van der Waals surface area contributed by atoms with Crippen molar-refractivity contribution in [2.24, 2.45) is 5.92 Å². The van der Waals surface area contributed by atoms with Crippen LogP contribution in [0.4, 0.5) is 5.00 Å². The first-order valence-electron chi connectivity index (χ1n) is 9.17. The first-order valence-corrected chi connectivity index (χ1v) is 9.98. The van der Waals surface area contributed by atoms with Crippen LogP contribution in [0.3, 0.4) is 0 Å². The van der Waals surface area contributed by atoms with E-state index in [1.165, 1.54) is 4.88 Å². The maximum absolute atomic E-state index is 12.4. The number of anilines is 1. The molecule has 0 unspecified atom stereocenters. The Bertz CT molecular complexity index is 818. The maximum Gasteiger partial charge on any atom is 0.225 e. The van der Waals surface area contributed by atoms with E-state index in [2.05, 4.69) is 18.3 Å². The summed E-state index contributed by atoms with van der Waals surface area (Å²) in [6.45, 7) is 4.84. The normalized spacial score (nSPS) is 15.8. The van der Waals surface area contributed by atoms with E-state index < -0.39 is 0 Å². The Balaban J connectivity index is 1.61. The second-order valence-electron chi connectivity index (χ2n) is 6.79. The lowest BCUT2D eigenvalue weighted by Gasteiger charge is -2.17. The number of ether oxygens (including phenoxy) is 1. The lowest BCUT2D eigenvalue weighted by molar-refractivity contribution is -0.116. The molecule has 0 radical (unpaired) electrons. The zero-order chi connectivity index (χ0) is 18.5. The number of benzene rings is 1. The Morgan fingerprint density at radius 1 is 1.38 bits per heavy atom. The van der Waals surface area contributed by atoms with E-state index in [4.69, 9.17) is 4.74 Å². The summed E-state index contributed by atoms with van der Waals surface area (Å²) in [6.07, 6.45) is 4.14. The molecule has 4 nitrogen and oxygen atoms in total. The van der Waals surface area contributed by atoms with Crippen molar-refractivity contribution in [3.8, 4) is 11.8 Å². The third-order valence-electron chi connectivity index (χ3n) is 4.75. The number of aryl methyl sites for hydroxylation is 1. The average Bonchev–Trinajstić information content (AvgIpc) is 2.97. The molecule has 1 aromatic carbocycles. The highest BCUT2D eigenvalue weighted by atomic mass is 32.1. The highest BCUT2D eigenvalue weighted by Gasteiger charge is 2.24. The molecule has 1 N–H and O–H groups in total. The van der Waals surface area contributed by atoms with Crippen LogP contribution >= 0.6 is 11.3 Å². The summed E-state index contributed by atoms with van der Waals surface area (Å²) in [7, 11) is 0. The van der Waals surface area contributed by atoms with Crippen molar-refractivity contribution >= 4 is 22.2 Å². The number of hydrogen-bond donors (Lipinski definition) is 1. The minimum Gasteiger partial charge on any atom is -0.494 e. The molecule has 0 fully saturated rings. The molecule has 1 atom stereocenters. The van der Waals surface area contributed by atoms with Crippen molar-refractivity contribution in [3.63, 3.8) is 0 Å². The Labute approximate surface area is 158 Å². The van der Waals surface area contributed by atoms with Crippen LogP contribution in [0.5, 0.6) is 5.75 Å². The van der Waals surface area contributed by atoms with Crippen molar-refractivity contribution in [1.82, 2.24) is 0 Å². The number of hydrogen-bond acceptors (Lipinski definition) is 4. The summed E-state index contributed by atoms with van der Waals surface area (Å²) < 4.78 is 5.43. The fourth-order valence-corrected chi connectivity index (χ4v) is 4.70. The Morgan fingerprint density at radius 3 is 2.85 bits per heavy atom. The third-order valence-corrected chi connectivity index (χ3v) is 5.92. The monoisotopic (exact) mass is 368 g/mol. The maximum atomic E-state index is 12.4. The lowest BCUT2D eigenvalue weighted by Crippen LogP contribution is -2.12. The van der Waals surface area contributed by atoms with Crippen LogP contribution in [0.25, 0.3) is 0 Å². The van der Waals surface area contributed by atoms with E-state index in [9.17, 15) is 10.1 Å². The summed E-state index contributed by atoms with van der Waals surface area (Å²) >= 11 is 1.58. The quantitative estimate of drug-likeness (QED) is 0.803. The highest BCUT2D eigenvalue weighted by Crippen LogP contribution is 2.39. The fraction of sp³-hybridized carbons (Fsp3) is 0.429. The number of nitrogens with one attached hydrogen (secondary N) is 1. The fourth-order valence-electron chi connectivity index (χ4n) is 3.32. The molecule has 1 aliphatic carbocycles. The summed E-state index contributed by atoms with van der Waals surface area (Å²) in [5.74, 6) is 1.45. The van der Waals surface area contributed by atoms with Gasteiger partial charge < -0.3 is 10.1 Å². The van der Waals surface area contributed by atoms with Crippen molar-refractivity contribution < 1.29 is 9.53 Å². The third kappa shape index (κ3) is 4.25. The van der Waals surface area contributed by atoms with Crippen LogP contribution in [0.2, 0.25) is 0 Å². The van der Waals surface area contributed by atoms with Gasteiger partial charge in [0.25, 0.3) is 0 Å².